The highest BCUT2D eigenvalue weighted by Gasteiger charge is 2.15. The van der Waals surface area contributed by atoms with Crippen molar-refractivity contribution in [1.29, 1.82) is 0 Å². The van der Waals surface area contributed by atoms with Gasteiger partial charge < -0.3 is 14.6 Å². The van der Waals surface area contributed by atoms with E-state index in [0.29, 0.717) is 5.75 Å². The summed E-state index contributed by atoms with van der Waals surface area (Å²) in [5.41, 5.74) is 0.587. The Morgan fingerprint density at radius 3 is 2.50 bits per heavy atom. The molecule has 0 aliphatic heterocycles. The van der Waals surface area contributed by atoms with Crippen molar-refractivity contribution in [1.82, 2.24) is 0 Å². The molecule has 0 bridgehead atoms. The number of benzene rings is 2. The molecule has 1 N–H and O–H groups in total. The molecule has 0 saturated carbocycles. The minimum atomic E-state index is -1.23. The average Bonchev–Trinajstić information content (AvgIpc) is 2.46. The van der Waals surface area contributed by atoms with Crippen LogP contribution in [0.4, 0.5) is 4.39 Å². The lowest BCUT2D eigenvalue weighted by Gasteiger charge is -2.10. The van der Waals surface area contributed by atoms with Gasteiger partial charge in [-0.05, 0) is 29.8 Å². The van der Waals surface area contributed by atoms with Crippen molar-refractivity contribution in [3.8, 4) is 11.5 Å². The second-order valence-corrected chi connectivity index (χ2v) is 4.06. The molecule has 0 unspecified atom stereocenters. The first kappa shape index (κ1) is 13.9. The van der Waals surface area contributed by atoms with Crippen LogP contribution in [0.15, 0.2) is 42.5 Å². The summed E-state index contributed by atoms with van der Waals surface area (Å²) < 4.78 is 23.9. The fraction of sp³-hybridized carbons (Fsp3) is 0.133. The van der Waals surface area contributed by atoms with E-state index in [0.717, 1.165) is 11.6 Å². The van der Waals surface area contributed by atoms with Crippen LogP contribution in [-0.4, -0.2) is 18.2 Å². The first-order valence-corrected chi connectivity index (χ1v) is 5.89. The summed E-state index contributed by atoms with van der Waals surface area (Å²) in [5, 5.41) is 8.99. The van der Waals surface area contributed by atoms with Gasteiger partial charge in [-0.2, -0.15) is 0 Å². The third-order valence-corrected chi connectivity index (χ3v) is 2.74. The average molecular weight is 276 g/mol. The Hall–Kier alpha value is -2.56. The van der Waals surface area contributed by atoms with Crippen LogP contribution in [0.25, 0.3) is 0 Å². The molecule has 20 heavy (non-hydrogen) atoms. The van der Waals surface area contributed by atoms with Gasteiger partial charge in [0.25, 0.3) is 0 Å². The molecule has 0 heterocycles. The van der Waals surface area contributed by atoms with E-state index in [4.69, 9.17) is 14.6 Å². The van der Waals surface area contributed by atoms with Crippen molar-refractivity contribution in [3.05, 3.63) is 59.4 Å². The zero-order valence-corrected chi connectivity index (χ0v) is 10.8. The monoisotopic (exact) mass is 276 g/mol. The third kappa shape index (κ3) is 3.06. The number of carboxylic acid groups (broad SMARTS) is 1. The lowest BCUT2D eigenvalue weighted by atomic mass is 10.2. The van der Waals surface area contributed by atoms with Gasteiger partial charge in [-0.1, -0.05) is 18.2 Å². The van der Waals surface area contributed by atoms with Gasteiger partial charge in [0.1, 0.15) is 17.9 Å². The van der Waals surface area contributed by atoms with Gasteiger partial charge in [0, 0.05) is 0 Å². The summed E-state index contributed by atoms with van der Waals surface area (Å²) in [6.07, 6.45) is 0. The Labute approximate surface area is 115 Å². The topological polar surface area (TPSA) is 55.8 Å². The first-order valence-electron chi connectivity index (χ1n) is 5.89. The predicted molar refractivity (Wildman–Crippen MR) is 70.7 cm³/mol. The predicted octanol–water partition coefficient (Wildman–Crippen LogP) is 3.11. The molecule has 2 rings (SSSR count). The molecular formula is C15H13FO4. The quantitative estimate of drug-likeness (QED) is 0.911. The summed E-state index contributed by atoms with van der Waals surface area (Å²) in [5.74, 6) is -1.48. The summed E-state index contributed by atoms with van der Waals surface area (Å²) in [6.45, 7) is 0.0746. The number of hydrogen-bond acceptors (Lipinski definition) is 3. The Morgan fingerprint density at radius 1 is 1.20 bits per heavy atom. The van der Waals surface area contributed by atoms with Gasteiger partial charge >= 0.3 is 5.97 Å². The fourth-order valence-electron chi connectivity index (χ4n) is 1.70. The zero-order chi connectivity index (χ0) is 14.5. The zero-order valence-electron chi connectivity index (χ0n) is 10.8. The van der Waals surface area contributed by atoms with E-state index in [9.17, 15) is 9.18 Å². The van der Waals surface area contributed by atoms with E-state index in [2.05, 4.69) is 0 Å². The van der Waals surface area contributed by atoms with Gasteiger partial charge in [-0.15, -0.1) is 0 Å². The minimum Gasteiger partial charge on any atom is -0.497 e. The van der Waals surface area contributed by atoms with E-state index in [1.807, 2.05) is 0 Å². The number of carboxylic acids is 1. The Balaban J connectivity index is 2.16. The summed E-state index contributed by atoms with van der Waals surface area (Å²) >= 11 is 0. The number of hydrogen-bond donors (Lipinski definition) is 1. The number of para-hydroxylation sites is 1. The van der Waals surface area contributed by atoms with Crippen LogP contribution in [0.3, 0.4) is 0 Å². The van der Waals surface area contributed by atoms with Crippen LogP contribution >= 0.6 is 0 Å². The Kier molecular flexibility index (Phi) is 4.20. The molecule has 0 aliphatic rings. The van der Waals surface area contributed by atoms with Crippen LogP contribution < -0.4 is 9.47 Å². The highest BCUT2D eigenvalue weighted by molar-refractivity contribution is 5.90. The molecule has 2 aromatic rings. The molecule has 2 aromatic carbocycles. The molecule has 0 aliphatic carbocycles. The third-order valence-electron chi connectivity index (χ3n) is 2.74. The summed E-state index contributed by atoms with van der Waals surface area (Å²) in [7, 11) is 1.56. The van der Waals surface area contributed by atoms with E-state index in [1.54, 1.807) is 31.4 Å². The molecule has 0 radical (unpaired) electrons. The Bertz CT molecular complexity index is 608. The van der Waals surface area contributed by atoms with Gasteiger partial charge in [0.05, 0.1) is 7.11 Å². The van der Waals surface area contributed by atoms with Crippen molar-refractivity contribution in [2.24, 2.45) is 0 Å². The highest BCUT2D eigenvalue weighted by atomic mass is 19.1. The maximum absolute atomic E-state index is 13.6. The van der Waals surface area contributed by atoms with Gasteiger partial charge in [-0.25, -0.2) is 9.18 Å². The smallest absolute Gasteiger partial charge is 0.339 e. The van der Waals surface area contributed by atoms with Crippen LogP contribution in [-0.2, 0) is 6.61 Å². The summed E-state index contributed by atoms with van der Waals surface area (Å²) in [4.78, 5) is 11.0. The second-order valence-electron chi connectivity index (χ2n) is 4.06. The van der Waals surface area contributed by atoms with E-state index < -0.39 is 11.8 Å². The van der Waals surface area contributed by atoms with Gasteiger partial charge in [0.2, 0.25) is 0 Å². The van der Waals surface area contributed by atoms with Crippen LogP contribution in [0.5, 0.6) is 11.5 Å². The molecule has 104 valence electrons. The fourth-order valence-corrected chi connectivity index (χ4v) is 1.70. The lowest BCUT2D eigenvalue weighted by Crippen LogP contribution is -2.05. The molecule has 0 saturated heterocycles. The second kappa shape index (κ2) is 6.06. The highest BCUT2D eigenvalue weighted by Crippen LogP contribution is 2.24. The normalized spacial score (nSPS) is 10.1. The van der Waals surface area contributed by atoms with Crippen LogP contribution in [0, 0.1) is 5.82 Å². The first-order chi connectivity index (χ1) is 9.61. The van der Waals surface area contributed by atoms with E-state index >= 15 is 0 Å². The number of ether oxygens (including phenoxy) is 2. The number of rotatable bonds is 5. The molecule has 0 spiro atoms. The molecule has 0 fully saturated rings. The summed E-state index contributed by atoms with van der Waals surface area (Å²) in [6, 6.07) is 10.8. The van der Waals surface area contributed by atoms with Gasteiger partial charge in [0.15, 0.2) is 11.6 Å². The van der Waals surface area contributed by atoms with Crippen LogP contribution in [0.2, 0.25) is 0 Å². The van der Waals surface area contributed by atoms with Crippen molar-refractivity contribution in [3.63, 3.8) is 0 Å². The van der Waals surface area contributed by atoms with Crippen molar-refractivity contribution in [2.75, 3.05) is 7.11 Å². The number of aromatic carboxylic acids is 1. The minimum absolute atomic E-state index is 0.0746. The maximum Gasteiger partial charge on any atom is 0.339 e. The molecule has 0 atom stereocenters. The largest absolute Gasteiger partial charge is 0.497 e. The van der Waals surface area contributed by atoms with Crippen molar-refractivity contribution in [2.45, 2.75) is 6.61 Å². The standard InChI is InChI=1S/C15H13FO4/c1-19-11-7-5-10(6-8-11)9-20-14-12(15(17)18)3-2-4-13(14)16/h2-8H,9H2,1H3,(H,17,18). The Morgan fingerprint density at radius 2 is 1.90 bits per heavy atom. The number of halogens is 1. The number of carbonyl (C=O) groups is 1. The molecule has 0 aromatic heterocycles. The number of methoxy groups -OCH3 is 1. The molecule has 5 heteroatoms. The van der Waals surface area contributed by atoms with E-state index in [-0.39, 0.29) is 17.9 Å². The van der Waals surface area contributed by atoms with Crippen molar-refractivity contribution >= 4 is 5.97 Å². The lowest BCUT2D eigenvalue weighted by molar-refractivity contribution is 0.0690. The SMILES string of the molecule is COc1ccc(COc2c(F)cccc2C(=O)O)cc1. The molecule has 4 nitrogen and oxygen atoms in total. The maximum atomic E-state index is 13.6. The molecular weight excluding hydrogens is 263 g/mol. The van der Waals surface area contributed by atoms with Crippen molar-refractivity contribution < 1.29 is 23.8 Å². The molecule has 0 amide bonds. The van der Waals surface area contributed by atoms with Gasteiger partial charge in [-0.3, -0.25) is 0 Å². The van der Waals surface area contributed by atoms with Crippen LogP contribution in [0.1, 0.15) is 15.9 Å². The van der Waals surface area contributed by atoms with E-state index in [1.165, 1.54) is 12.1 Å².